The maximum Gasteiger partial charge on any atom is 0.355 e. The van der Waals surface area contributed by atoms with Gasteiger partial charge >= 0.3 is 11.9 Å². The van der Waals surface area contributed by atoms with E-state index in [0.29, 0.717) is 0 Å². The lowest BCUT2D eigenvalue weighted by Gasteiger charge is -2.25. The quantitative estimate of drug-likeness (QED) is 0.673. The molecule has 3 rings (SSSR count). The van der Waals surface area contributed by atoms with Crippen molar-refractivity contribution in [3.05, 3.63) is 77.7 Å². The number of ether oxygens (including phenoxy) is 3. The van der Waals surface area contributed by atoms with E-state index in [1.54, 1.807) is 36.3 Å². The number of nitrogens with zero attached hydrogens (tertiary/aromatic N) is 3. The average molecular weight is 413 g/mol. The van der Waals surface area contributed by atoms with Gasteiger partial charge in [0.15, 0.2) is 0 Å². The molecule has 0 amide bonds. The highest BCUT2D eigenvalue weighted by Gasteiger charge is 2.29. The van der Waals surface area contributed by atoms with E-state index in [2.05, 4.69) is 5.10 Å². The normalized spacial score (nSPS) is 13.3. The third-order valence-electron chi connectivity index (χ3n) is 4.22. The number of anilines is 1. The molecule has 0 radical (unpaired) electrons. The van der Waals surface area contributed by atoms with E-state index in [9.17, 15) is 14.0 Å². The van der Waals surface area contributed by atoms with Crippen LogP contribution in [0.2, 0.25) is 0 Å². The Morgan fingerprint density at radius 2 is 1.90 bits per heavy atom. The van der Waals surface area contributed by atoms with Crippen molar-refractivity contribution in [2.75, 3.05) is 19.1 Å². The van der Waals surface area contributed by atoms with Crippen LogP contribution in [0, 0.1) is 5.82 Å². The molecule has 9 heteroatoms. The van der Waals surface area contributed by atoms with Crippen molar-refractivity contribution >= 4 is 17.6 Å². The Hall–Kier alpha value is -3.88. The van der Waals surface area contributed by atoms with Crippen LogP contribution in [0.1, 0.15) is 5.56 Å². The highest BCUT2D eigenvalue weighted by Crippen LogP contribution is 2.35. The number of rotatable bonds is 6. The van der Waals surface area contributed by atoms with Crippen molar-refractivity contribution in [1.82, 2.24) is 9.78 Å². The zero-order chi connectivity index (χ0) is 21.7. The summed E-state index contributed by atoms with van der Waals surface area (Å²) in [5.41, 5.74) is 0.837. The van der Waals surface area contributed by atoms with Crippen molar-refractivity contribution in [2.24, 2.45) is 7.05 Å². The molecule has 1 aliphatic heterocycles. The molecule has 8 nitrogen and oxygen atoms in total. The van der Waals surface area contributed by atoms with E-state index in [1.807, 2.05) is 0 Å². The number of aryl methyl sites for hydroxylation is 1. The summed E-state index contributed by atoms with van der Waals surface area (Å²) in [5.74, 6) is -1.80. The molecule has 30 heavy (non-hydrogen) atoms. The van der Waals surface area contributed by atoms with Crippen molar-refractivity contribution in [3.63, 3.8) is 0 Å². The molecule has 0 saturated heterocycles. The first-order valence-electron chi connectivity index (χ1n) is 8.89. The first-order valence-corrected chi connectivity index (χ1v) is 8.89. The number of aromatic nitrogens is 2. The molecule has 156 valence electrons. The number of benzene rings is 1. The molecule has 1 aromatic heterocycles. The Bertz CT molecular complexity index is 1050. The van der Waals surface area contributed by atoms with E-state index in [-0.39, 0.29) is 29.3 Å². The summed E-state index contributed by atoms with van der Waals surface area (Å²) in [6, 6.07) is 3.89. The topological polar surface area (TPSA) is 82.9 Å². The molecule has 0 bridgehead atoms. The van der Waals surface area contributed by atoms with Gasteiger partial charge in [-0.2, -0.15) is 5.10 Å². The SMILES string of the molecule is COC(=O)C1=C(C(=O)OC)N(c2cc(F)ccc2OCc2cnn(C)c2)C=CC=C1. The van der Waals surface area contributed by atoms with Crippen LogP contribution in [0.3, 0.4) is 0 Å². The van der Waals surface area contributed by atoms with Crippen molar-refractivity contribution < 1.29 is 28.2 Å². The molecule has 1 aromatic carbocycles. The lowest BCUT2D eigenvalue weighted by Crippen LogP contribution is -2.27. The molecule has 0 spiro atoms. The van der Waals surface area contributed by atoms with Gasteiger partial charge < -0.3 is 19.1 Å². The summed E-state index contributed by atoms with van der Waals surface area (Å²) >= 11 is 0. The first kappa shape index (κ1) is 20.8. The second kappa shape index (κ2) is 9.08. The van der Waals surface area contributed by atoms with Gasteiger partial charge in [0.05, 0.1) is 31.7 Å². The fraction of sp³-hybridized carbons (Fsp3) is 0.190. The third-order valence-corrected chi connectivity index (χ3v) is 4.22. The van der Waals surface area contributed by atoms with Crippen LogP contribution in [0.5, 0.6) is 5.75 Å². The van der Waals surface area contributed by atoms with Crippen LogP contribution in [0.4, 0.5) is 10.1 Å². The van der Waals surface area contributed by atoms with Gasteiger partial charge in [-0.05, 0) is 24.3 Å². The minimum Gasteiger partial charge on any atom is -0.487 e. The molecule has 1 aliphatic rings. The van der Waals surface area contributed by atoms with Crippen LogP contribution in [0.15, 0.2) is 66.3 Å². The zero-order valence-corrected chi connectivity index (χ0v) is 16.7. The highest BCUT2D eigenvalue weighted by molar-refractivity contribution is 6.05. The van der Waals surface area contributed by atoms with Gasteiger partial charge in [0.2, 0.25) is 0 Å². The number of hydrogen-bond acceptors (Lipinski definition) is 7. The molecule has 0 fully saturated rings. The predicted octanol–water partition coefficient (Wildman–Crippen LogP) is 2.63. The number of hydrogen-bond donors (Lipinski definition) is 0. The van der Waals surface area contributed by atoms with Crippen LogP contribution in [-0.4, -0.2) is 35.9 Å². The van der Waals surface area contributed by atoms with E-state index < -0.39 is 17.8 Å². The number of carbonyl (C=O) groups is 2. The summed E-state index contributed by atoms with van der Waals surface area (Å²) in [6.45, 7) is 0.170. The lowest BCUT2D eigenvalue weighted by atomic mass is 10.1. The Morgan fingerprint density at radius 1 is 1.13 bits per heavy atom. The van der Waals surface area contributed by atoms with E-state index >= 15 is 0 Å². The number of halogens is 1. The predicted molar refractivity (Wildman–Crippen MR) is 106 cm³/mol. The number of methoxy groups -OCH3 is 2. The second-order valence-corrected chi connectivity index (χ2v) is 6.24. The summed E-state index contributed by atoms with van der Waals surface area (Å²) in [4.78, 5) is 26.2. The molecule has 0 N–H and O–H groups in total. The van der Waals surface area contributed by atoms with E-state index in [0.717, 1.165) is 5.56 Å². The smallest absolute Gasteiger partial charge is 0.355 e. The van der Waals surface area contributed by atoms with Crippen LogP contribution >= 0.6 is 0 Å². The maximum atomic E-state index is 14.1. The first-order chi connectivity index (χ1) is 14.4. The fourth-order valence-corrected chi connectivity index (χ4v) is 2.86. The molecule has 0 saturated carbocycles. The number of esters is 2. The van der Waals surface area contributed by atoms with Crippen LogP contribution in [0.25, 0.3) is 0 Å². The van der Waals surface area contributed by atoms with Crippen molar-refractivity contribution in [1.29, 1.82) is 0 Å². The Morgan fingerprint density at radius 3 is 2.57 bits per heavy atom. The summed E-state index contributed by atoms with van der Waals surface area (Å²) in [5, 5.41) is 4.08. The number of allylic oxidation sites excluding steroid dienone is 2. The Balaban J connectivity index is 2.08. The summed E-state index contributed by atoms with van der Waals surface area (Å²) in [6.07, 6.45) is 9.51. The minimum absolute atomic E-state index is 0.0446. The standard InChI is InChI=1S/C21H20FN3O5/c1-24-12-14(11-23-24)13-30-18-8-7-15(22)10-17(18)25-9-5-4-6-16(20(26)28-2)19(25)21(27)29-3/h4-12H,13H2,1-3H3. The van der Waals surface area contributed by atoms with Crippen molar-refractivity contribution in [2.45, 2.75) is 6.61 Å². The van der Waals surface area contributed by atoms with E-state index in [1.165, 1.54) is 49.6 Å². The average Bonchev–Trinajstić information content (AvgIpc) is 3.04. The van der Waals surface area contributed by atoms with Crippen LogP contribution in [-0.2, 0) is 32.7 Å². The summed E-state index contributed by atoms with van der Waals surface area (Å²) < 4.78 is 31.3. The molecular formula is C21H20FN3O5. The third kappa shape index (κ3) is 4.40. The monoisotopic (exact) mass is 413 g/mol. The highest BCUT2D eigenvalue weighted by atomic mass is 19.1. The molecule has 0 atom stereocenters. The molecule has 0 aliphatic carbocycles. The Kier molecular flexibility index (Phi) is 6.31. The number of carbonyl (C=O) groups excluding carboxylic acids is 2. The minimum atomic E-state index is -0.797. The van der Waals surface area contributed by atoms with Gasteiger partial charge in [-0.25, -0.2) is 14.0 Å². The van der Waals surface area contributed by atoms with Crippen LogP contribution < -0.4 is 9.64 Å². The largest absolute Gasteiger partial charge is 0.487 e. The van der Waals surface area contributed by atoms with Gasteiger partial charge in [0.25, 0.3) is 0 Å². The van der Waals surface area contributed by atoms with Gasteiger partial charge in [-0.15, -0.1) is 0 Å². The van der Waals surface area contributed by atoms with Gasteiger partial charge in [0.1, 0.15) is 23.9 Å². The van der Waals surface area contributed by atoms with Gasteiger partial charge in [-0.3, -0.25) is 4.68 Å². The fourth-order valence-electron chi connectivity index (χ4n) is 2.86. The van der Waals surface area contributed by atoms with Gasteiger partial charge in [-0.1, -0.05) is 6.08 Å². The van der Waals surface area contributed by atoms with Crippen molar-refractivity contribution in [3.8, 4) is 5.75 Å². The molecule has 2 aromatic rings. The van der Waals surface area contributed by atoms with E-state index in [4.69, 9.17) is 14.2 Å². The van der Waals surface area contributed by atoms with Gasteiger partial charge in [0, 0.05) is 31.1 Å². The lowest BCUT2D eigenvalue weighted by molar-refractivity contribution is -0.139. The Labute approximate surface area is 172 Å². The molecular weight excluding hydrogens is 393 g/mol. The molecule has 0 unspecified atom stereocenters. The molecule has 2 heterocycles. The summed E-state index contributed by atoms with van der Waals surface area (Å²) in [7, 11) is 4.17. The maximum absolute atomic E-state index is 14.1. The second-order valence-electron chi connectivity index (χ2n) is 6.24. The zero-order valence-electron chi connectivity index (χ0n) is 16.7.